The molecule has 0 spiro atoms. The zero-order valence-corrected chi connectivity index (χ0v) is 15.3. The number of anilines is 1. The van der Waals surface area contributed by atoms with Crippen LogP contribution >= 0.6 is 0 Å². The van der Waals surface area contributed by atoms with Crippen LogP contribution in [0.5, 0.6) is 0 Å². The van der Waals surface area contributed by atoms with E-state index >= 15 is 0 Å². The molecule has 1 amide bonds. The third-order valence-corrected chi connectivity index (χ3v) is 5.00. The first-order valence-electron chi connectivity index (χ1n) is 8.73. The van der Waals surface area contributed by atoms with Gasteiger partial charge in [-0.15, -0.1) is 6.58 Å². The van der Waals surface area contributed by atoms with E-state index in [4.69, 9.17) is 0 Å². The lowest BCUT2D eigenvalue weighted by molar-refractivity contribution is -0.122. The van der Waals surface area contributed by atoms with Crippen LogP contribution in [0.1, 0.15) is 23.7 Å². The Morgan fingerprint density at radius 2 is 2.08 bits per heavy atom. The molecule has 2 aromatic rings. The third-order valence-electron chi connectivity index (χ3n) is 5.00. The summed E-state index contributed by atoms with van der Waals surface area (Å²) in [6.07, 6.45) is 3.75. The zero-order valence-electron chi connectivity index (χ0n) is 15.3. The number of aryl methyl sites for hydroxylation is 1. The molecule has 1 aliphatic heterocycles. The van der Waals surface area contributed by atoms with E-state index in [1.54, 1.807) is 0 Å². The fraction of sp³-hybridized carbons (Fsp3) is 0.400. The van der Waals surface area contributed by atoms with Crippen LogP contribution in [0.3, 0.4) is 0 Å². The lowest BCUT2D eigenvalue weighted by Crippen LogP contribution is -2.55. The maximum Gasteiger partial charge on any atom is 0.241 e. The molecule has 0 aliphatic carbocycles. The summed E-state index contributed by atoms with van der Waals surface area (Å²) in [5.74, 6) is 0.156. The molecule has 0 N–H and O–H groups in total. The highest BCUT2D eigenvalue weighted by Gasteiger charge is 2.31. The molecular formula is C20H26N4O. The van der Waals surface area contributed by atoms with Crippen molar-refractivity contribution in [2.45, 2.75) is 39.9 Å². The van der Waals surface area contributed by atoms with Crippen LogP contribution < -0.4 is 4.90 Å². The Bertz CT molecular complexity index is 780. The van der Waals surface area contributed by atoms with Gasteiger partial charge in [-0.2, -0.15) is 5.10 Å². The van der Waals surface area contributed by atoms with Gasteiger partial charge >= 0.3 is 0 Å². The normalized spacial score (nSPS) is 18.6. The average Bonchev–Trinajstić information content (AvgIpc) is 2.92. The van der Waals surface area contributed by atoms with Gasteiger partial charge in [0.15, 0.2) is 0 Å². The molecule has 0 unspecified atom stereocenters. The first-order chi connectivity index (χ1) is 12.0. The lowest BCUT2D eigenvalue weighted by atomic mass is 10.1. The van der Waals surface area contributed by atoms with Crippen molar-refractivity contribution in [3.63, 3.8) is 0 Å². The second kappa shape index (κ2) is 7.23. The molecule has 1 saturated heterocycles. The number of hydrogen-bond acceptors (Lipinski definition) is 3. The van der Waals surface area contributed by atoms with Crippen LogP contribution in [0, 0.1) is 13.8 Å². The molecule has 5 heteroatoms. The van der Waals surface area contributed by atoms with Gasteiger partial charge in [0, 0.05) is 36.1 Å². The van der Waals surface area contributed by atoms with Crippen molar-refractivity contribution < 1.29 is 4.79 Å². The Hall–Kier alpha value is -2.40. The summed E-state index contributed by atoms with van der Waals surface area (Å²) in [6.45, 7) is 12.7. The number of aromatic nitrogens is 2. The van der Waals surface area contributed by atoms with E-state index in [0.717, 1.165) is 23.5 Å². The van der Waals surface area contributed by atoms with Gasteiger partial charge in [-0.05, 0) is 32.4 Å². The van der Waals surface area contributed by atoms with Crippen LogP contribution in [0.25, 0.3) is 0 Å². The predicted molar refractivity (Wildman–Crippen MR) is 101 cm³/mol. The SMILES string of the molecule is C=CCn1ncc(CN2CC(=O)N(c3ccccc3C)C[C@H]2C)c1C. The first-order valence-corrected chi connectivity index (χ1v) is 8.73. The summed E-state index contributed by atoms with van der Waals surface area (Å²) in [6, 6.07) is 8.37. The Balaban J connectivity index is 1.74. The van der Waals surface area contributed by atoms with Crippen LogP contribution in [-0.2, 0) is 17.9 Å². The van der Waals surface area contributed by atoms with E-state index in [-0.39, 0.29) is 5.91 Å². The van der Waals surface area contributed by atoms with Gasteiger partial charge in [-0.3, -0.25) is 14.4 Å². The molecule has 1 aromatic carbocycles. The van der Waals surface area contributed by atoms with Gasteiger partial charge in [0.1, 0.15) is 0 Å². The fourth-order valence-electron chi connectivity index (χ4n) is 3.37. The number of allylic oxidation sites excluding steroid dienone is 1. The van der Waals surface area contributed by atoms with Crippen molar-refractivity contribution in [1.82, 2.24) is 14.7 Å². The van der Waals surface area contributed by atoms with Crippen molar-refractivity contribution in [3.05, 3.63) is 59.9 Å². The van der Waals surface area contributed by atoms with Gasteiger partial charge in [-0.1, -0.05) is 24.3 Å². The lowest BCUT2D eigenvalue weighted by Gasteiger charge is -2.39. The fourth-order valence-corrected chi connectivity index (χ4v) is 3.37. The summed E-state index contributed by atoms with van der Waals surface area (Å²) in [7, 11) is 0. The maximum atomic E-state index is 12.7. The molecule has 1 aliphatic rings. The quantitative estimate of drug-likeness (QED) is 0.787. The number of rotatable bonds is 5. The topological polar surface area (TPSA) is 41.4 Å². The Kier molecular flexibility index (Phi) is 5.04. The van der Waals surface area contributed by atoms with Gasteiger partial charge in [0.05, 0.1) is 19.3 Å². The maximum absolute atomic E-state index is 12.7. The molecule has 2 heterocycles. The predicted octanol–water partition coefficient (Wildman–Crippen LogP) is 2.92. The van der Waals surface area contributed by atoms with Gasteiger partial charge in [0.25, 0.3) is 0 Å². The van der Waals surface area contributed by atoms with Crippen molar-refractivity contribution in [3.8, 4) is 0 Å². The standard InChI is InChI=1S/C20H26N4O/c1-5-10-24-17(4)18(11-21-24)13-22-14-20(25)23(12-16(22)3)19-9-7-6-8-15(19)2/h5-9,11,16H,1,10,12-14H2,2-4H3/t16-/m1/s1. The highest BCUT2D eigenvalue weighted by Crippen LogP contribution is 2.24. The van der Waals surface area contributed by atoms with Crippen molar-refractivity contribution in [2.24, 2.45) is 0 Å². The number of para-hydroxylation sites is 1. The third kappa shape index (κ3) is 3.51. The van der Waals surface area contributed by atoms with E-state index in [0.29, 0.717) is 25.7 Å². The highest BCUT2D eigenvalue weighted by atomic mass is 16.2. The van der Waals surface area contributed by atoms with Crippen LogP contribution in [-0.4, -0.2) is 39.7 Å². The Labute approximate surface area is 149 Å². The van der Waals surface area contributed by atoms with Crippen molar-refractivity contribution in [2.75, 3.05) is 18.0 Å². The molecule has 1 fully saturated rings. The molecular weight excluding hydrogens is 312 g/mol. The molecule has 0 radical (unpaired) electrons. The summed E-state index contributed by atoms with van der Waals surface area (Å²) >= 11 is 0. The van der Waals surface area contributed by atoms with E-state index in [9.17, 15) is 4.79 Å². The largest absolute Gasteiger partial charge is 0.309 e. The van der Waals surface area contributed by atoms with Gasteiger partial charge < -0.3 is 4.90 Å². The number of nitrogens with zero attached hydrogens (tertiary/aromatic N) is 4. The van der Waals surface area contributed by atoms with E-state index in [2.05, 4.69) is 43.4 Å². The van der Waals surface area contributed by atoms with Crippen molar-refractivity contribution >= 4 is 11.6 Å². The highest BCUT2D eigenvalue weighted by molar-refractivity contribution is 5.96. The molecule has 132 valence electrons. The molecule has 0 saturated carbocycles. The minimum absolute atomic E-state index is 0.156. The number of amides is 1. The Morgan fingerprint density at radius 1 is 1.32 bits per heavy atom. The number of carbonyl (C=O) groups excluding carboxylic acids is 1. The zero-order chi connectivity index (χ0) is 18.0. The van der Waals surface area contributed by atoms with E-state index in [1.165, 1.54) is 5.56 Å². The van der Waals surface area contributed by atoms with Crippen LogP contribution in [0.15, 0.2) is 43.1 Å². The molecule has 1 atom stereocenters. The average molecular weight is 338 g/mol. The summed E-state index contributed by atoms with van der Waals surface area (Å²) in [5.41, 5.74) is 4.47. The summed E-state index contributed by atoms with van der Waals surface area (Å²) in [5, 5.41) is 4.41. The molecule has 25 heavy (non-hydrogen) atoms. The minimum Gasteiger partial charge on any atom is -0.309 e. The van der Waals surface area contributed by atoms with Crippen molar-refractivity contribution in [1.29, 1.82) is 0 Å². The first kappa shape index (κ1) is 17.4. The van der Waals surface area contributed by atoms with Crippen LogP contribution in [0.4, 0.5) is 5.69 Å². The van der Waals surface area contributed by atoms with Gasteiger partial charge in [0.2, 0.25) is 5.91 Å². The van der Waals surface area contributed by atoms with Gasteiger partial charge in [-0.25, -0.2) is 0 Å². The smallest absolute Gasteiger partial charge is 0.241 e. The second-order valence-electron chi connectivity index (χ2n) is 6.77. The number of carbonyl (C=O) groups is 1. The molecule has 5 nitrogen and oxygen atoms in total. The summed E-state index contributed by atoms with van der Waals surface area (Å²) in [4.78, 5) is 16.9. The van der Waals surface area contributed by atoms with Crippen LogP contribution in [0.2, 0.25) is 0 Å². The monoisotopic (exact) mass is 338 g/mol. The van der Waals surface area contributed by atoms with E-state index < -0.39 is 0 Å². The second-order valence-corrected chi connectivity index (χ2v) is 6.77. The molecule has 1 aromatic heterocycles. The number of piperazine rings is 1. The number of benzene rings is 1. The summed E-state index contributed by atoms with van der Waals surface area (Å²) < 4.78 is 1.94. The minimum atomic E-state index is 0.156. The van der Waals surface area contributed by atoms with E-state index in [1.807, 2.05) is 40.1 Å². The molecule has 0 bridgehead atoms. The molecule has 3 rings (SSSR count). The Morgan fingerprint density at radius 3 is 2.80 bits per heavy atom. The number of hydrogen-bond donors (Lipinski definition) is 0.